The van der Waals surface area contributed by atoms with Crippen LogP contribution in [0.2, 0.25) is 0 Å². The topological polar surface area (TPSA) is 3.88 Å². The molecular formula is C10H16N+. The Balaban J connectivity index is 3.10. The molecule has 1 aromatic rings. The highest BCUT2D eigenvalue weighted by molar-refractivity contribution is 5.13. The maximum absolute atomic E-state index is 2.28. The molecule has 0 spiro atoms. The van der Waals surface area contributed by atoms with Crippen molar-refractivity contribution in [3.05, 3.63) is 29.6 Å². The van der Waals surface area contributed by atoms with Crippen molar-refractivity contribution < 1.29 is 4.57 Å². The molecule has 0 N–H and O–H groups in total. The van der Waals surface area contributed by atoms with Gasteiger partial charge in [0, 0.05) is 18.6 Å². The fourth-order valence-electron chi connectivity index (χ4n) is 1.40. The highest BCUT2D eigenvalue weighted by Gasteiger charge is 2.05. The molecule has 1 rings (SSSR count). The molecule has 0 saturated carbocycles. The van der Waals surface area contributed by atoms with Crippen LogP contribution in [0.3, 0.4) is 0 Å². The molecule has 0 unspecified atom stereocenters. The van der Waals surface area contributed by atoms with Crippen LogP contribution in [-0.2, 0) is 13.0 Å². The third-order valence-electron chi connectivity index (χ3n) is 2.18. The monoisotopic (exact) mass is 150 g/mol. The molecule has 0 fully saturated rings. The van der Waals surface area contributed by atoms with Crippen molar-refractivity contribution in [2.75, 3.05) is 0 Å². The second-order valence-electron chi connectivity index (χ2n) is 2.76. The molecule has 11 heavy (non-hydrogen) atoms. The zero-order valence-corrected chi connectivity index (χ0v) is 7.59. The largest absolute Gasteiger partial charge is 0.203 e. The summed E-state index contributed by atoms with van der Waals surface area (Å²) < 4.78 is 2.28. The lowest BCUT2D eigenvalue weighted by molar-refractivity contribution is -0.699. The SMILES string of the molecule is CCc1ccc[n+](CC)c1C. The molecule has 1 nitrogen and oxygen atoms in total. The van der Waals surface area contributed by atoms with Crippen LogP contribution in [0.1, 0.15) is 25.1 Å². The average Bonchev–Trinajstić information content (AvgIpc) is 2.05. The Bertz CT molecular complexity index is 218. The number of hydrogen-bond acceptors (Lipinski definition) is 0. The lowest BCUT2D eigenvalue weighted by Gasteiger charge is -2.00. The summed E-state index contributed by atoms with van der Waals surface area (Å²) in [5.74, 6) is 0. The van der Waals surface area contributed by atoms with Gasteiger partial charge >= 0.3 is 0 Å². The van der Waals surface area contributed by atoms with Crippen molar-refractivity contribution in [2.24, 2.45) is 0 Å². The first-order valence-corrected chi connectivity index (χ1v) is 4.27. The van der Waals surface area contributed by atoms with Crippen molar-refractivity contribution in [1.29, 1.82) is 0 Å². The van der Waals surface area contributed by atoms with Gasteiger partial charge in [-0.05, 0) is 19.4 Å². The maximum atomic E-state index is 2.28. The lowest BCUT2D eigenvalue weighted by atomic mass is 10.1. The van der Waals surface area contributed by atoms with E-state index in [-0.39, 0.29) is 0 Å². The van der Waals surface area contributed by atoms with Gasteiger partial charge in [0.15, 0.2) is 11.9 Å². The Morgan fingerprint density at radius 3 is 2.64 bits per heavy atom. The Morgan fingerprint density at radius 2 is 2.09 bits per heavy atom. The Labute approximate surface area is 68.7 Å². The van der Waals surface area contributed by atoms with Gasteiger partial charge in [-0.25, -0.2) is 4.57 Å². The Hall–Kier alpha value is -0.850. The summed E-state index contributed by atoms with van der Waals surface area (Å²) in [7, 11) is 0. The predicted molar refractivity (Wildman–Crippen MR) is 46.4 cm³/mol. The first kappa shape index (κ1) is 8.25. The number of nitrogens with zero attached hydrogens (tertiary/aromatic N) is 1. The van der Waals surface area contributed by atoms with Crippen molar-refractivity contribution in [3.8, 4) is 0 Å². The summed E-state index contributed by atoms with van der Waals surface area (Å²) in [6, 6.07) is 4.32. The van der Waals surface area contributed by atoms with Gasteiger partial charge in [0.05, 0.1) is 0 Å². The quantitative estimate of drug-likeness (QED) is 0.567. The van der Waals surface area contributed by atoms with Gasteiger partial charge < -0.3 is 0 Å². The van der Waals surface area contributed by atoms with Crippen LogP contribution in [0.4, 0.5) is 0 Å². The molecular weight excluding hydrogens is 134 g/mol. The normalized spacial score (nSPS) is 10.1. The molecule has 1 heteroatoms. The van der Waals surface area contributed by atoms with Crippen molar-refractivity contribution in [1.82, 2.24) is 0 Å². The molecule has 0 aromatic carbocycles. The van der Waals surface area contributed by atoms with Gasteiger partial charge in [-0.15, -0.1) is 0 Å². The number of aromatic nitrogens is 1. The van der Waals surface area contributed by atoms with E-state index in [4.69, 9.17) is 0 Å². The molecule has 0 aliphatic carbocycles. The maximum Gasteiger partial charge on any atom is 0.181 e. The third-order valence-corrected chi connectivity index (χ3v) is 2.18. The van der Waals surface area contributed by atoms with Crippen molar-refractivity contribution in [3.63, 3.8) is 0 Å². The van der Waals surface area contributed by atoms with Crippen LogP contribution in [-0.4, -0.2) is 0 Å². The zero-order chi connectivity index (χ0) is 8.27. The summed E-state index contributed by atoms with van der Waals surface area (Å²) in [6.07, 6.45) is 3.27. The number of pyridine rings is 1. The second-order valence-corrected chi connectivity index (χ2v) is 2.76. The number of hydrogen-bond donors (Lipinski definition) is 0. The van der Waals surface area contributed by atoms with Crippen LogP contribution < -0.4 is 4.57 Å². The van der Waals surface area contributed by atoms with Crippen LogP contribution in [0.25, 0.3) is 0 Å². The Morgan fingerprint density at radius 1 is 1.36 bits per heavy atom. The van der Waals surface area contributed by atoms with E-state index in [0.717, 1.165) is 13.0 Å². The molecule has 0 amide bonds. The smallest absolute Gasteiger partial charge is 0.181 e. The van der Waals surface area contributed by atoms with E-state index in [0.29, 0.717) is 0 Å². The van der Waals surface area contributed by atoms with Gasteiger partial charge in [0.2, 0.25) is 0 Å². The van der Waals surface area contributed by atoms with E-state index in [1.54, 1.807) is 0 Å². The van der Waals surface area contributed by atoms with Crippen LogP contribution >= 0.6 is 0 Å². The molecule has 0 aliphatic rings. The van der Waals surface area contributed by atoms with Gasteiger partial charge in [0.25, 0.3) is 0 Å². The van der Waals surface area contributed by atoms with Crippen LogP contribution in [0, 0.1) is 6.92 Å². The highest BCUT2D eigenvalue weighted by Crippen LogP contribution is 2.01. The van der Waals surface area contributed by atoms with Gasteiger partial charge in [-0.2, -0.15) is 0 Å². The van der Waals surface area contributed by atoms with Crippen molar-refractivity contribution in [2.45, 2.75) is 33.7 Å². The first-order valence-electron chi connectivity index (χ1n) is 4.27. The minimum absolute atomic E-state index is 1.07. The summed E-state index contributed by atoms with van der Waals surface area (Å²) >= 11 is 0. The van der Waals surface area contributed by atoms with E-state index >= 15 is 0 Å². The van der Waals surface area contributed by atoms with Gasteiger partial charge in [-0.3, -0.25) is 0 Å². The Kier molecular flexibility index (Phi) is 2.64. The predicted octanol–water partition coefficient (Wildman–Crippen LogP) is 1.86. The minimum Gasteiger partial charge on any atom is -0.203 e. The standard InChI is InChI=1S/C10H16N/c1-4-10-7-6-8-11(5-2)9(10)3/h6-8H,4-5H2,1-3H3/q+1. The summed E-state index contributed by atoms with van der Waals surface area (Å²) in [5, 5.41) is 0. The molecule has 0 bridgehead atoms. The zero-order valence-electron chi connectivity index (χ0n) is 7.59. The molecule has 0 radical (unpaired) electrons. The van der Waals surface area contributed by atoms with E-state index in [1.165, 1.54) is 11.3 Å². The van der Waals surface area contributed by atoms with E-state index < -0.39 is 0 Å². The number of aryl methyl sites for hydroxylation is 2. The third kappa shape index (κ3) is 1.59. The van der Waals surface area contributed by atoms with Crippen molar-refractivity contribution >= 4 is 0 Å². The first-order chi connectivity index (χ1) is 5.29. The fourth-order valence-corrected chi connectivity index (χ4v) is 1.40. The summed E-state index contributed by atoms with van der Waals surface area (Å²) in [4.78, 5) is 0. The van der Waals surface area contributed by atoms with E-state index in [9.17, 15) is 0 Å². The molecule has 0 aliphatic heterocycles. The lowest BCUT2D eigenvalue weighted by Crippen LogP contribution is -2.36. The van der Waals surface area contributed by atoms with Gasteiger partial charge in [-0.1, -0.05) is 6.92 Å². The van der Waals surface area contributed by atoms with E-state index in [1.807, 2.05) is 0 Å². The van der Waals surface area contributed by atoms with Crippen LogP contribution in [0.5, 0.6) is 0 Å². The fraction of sp³-hybridized carbons (Fsp3) is 0.500. The molecule has 0 atom stereocenters. The molecule has 0 saturated heterocycles. The van der Waals surface area contributed by atoms with Crippen LogP contribution in [0.15, 0.2) is 18.3 Å². The molecule has 60 valence electrons. The average molecular weight is 150 g/mol. The van der Waals surface area contributed by atoms with E-state index in [2.05, 4.69) is 43.7 Å². The number of rotatable bonds is 2. The van der Waals surface area contributed by atoms with Gasteiger partial charge in [0.1, 0.15) is 6.54 Å². The second kappa shape index (κ2) is 3.51. The highest BCUT2D eigenvalue weighted by atomic mass is 14.9. The summed E-state index contributed by atoms with van der Waals surface area (Å²) in [5.41, 5.74) is 2.85. The molecule has 1 aromatic heterocycles. The summed E-state index contributed by atoms with van der Waals surface area (Å²) in [6.45, 7) is 7.62. The molecule has 1 heterocycles. The minimum atomic E-state index is 1.07.